The second-order valence-electron chi connectivity index (χ2n) is 19.7. The molecule has 7 rings (SSSR count). The second kappa shape index (κ2) is 30.1. The number of nitrogens with one attached hydrogen (secondary N) is 2. The number of likely N-dealkylation sites (tertiary alicyclic amines) is 2. The van der Waals surface area contributed by atoms with E-state index in [9.17, 15) is 75.5 Å². The van der Waals surface area contributed by atoms with Crippen molar-refractivity contribution >= 4 is 56.3 Å². The first-order chi connectivity index (χ1) is 38.6. The molecule has 84 heavy (non-hydrogen) atoms. The van der Waals surface area contributed by atoms with Crippen LogP contribution in [0.4, 0.5) is 43.9 Å². The van der Waals surface area contributed by atoms with E-state index in [2.05, 4.69) is 25.4 Å². The van der Waals surface area contributed by atoms with Gasteiger partial charge in [-0.15, -0.1) is 24.8 Å². The van der Waals surface area contributed by atoms with Crippen molar-refractivity contribution < 1.29 is 94.6 Å². The van der Waals surface area contributed by atoms with Crippen LogP contribution in [0.2, 0.25) is 0 Å². The van der Waals surface area contributed by atoms with Crippen LogP contribution in [0.1, 0.15) is 69.2 Å². The normalized spacial score (nSPS) is 18.0. The van der Waals surface area contributed by atoms with Crippen LogP contribution >= 0.6 is 24.8 Å². The number of carbonyl (C=O) groups is 2. The zero-order chi connectivity index (χ0) is 60.2. The minimum Gasteiger partial charge on any atom is -0.383 e. The van der Waals surface area contributed by atoms with Crippen molar-refractivity contribution in [3.8, 4) is 22.5 Å². The number of benzene rings is 2. The molecule has 0 spiro atoms. The van der Waals surface area contributed by atoms with E-state index in [-0.39, 0.29) is 83.1 Å². The van der Waals surface area contributed by atoms with Crippen LogP contribution in [0.15, 0.2) is 83.1 Å². The van der Waals surface area contributed by atoms with Gasteiger partial charge in [-0.3, -0.25) is 34.7 Å². The van der Waals surface area contributed by atoms with Crippen LogP contribution in [-0.4, -0.2) is 177 Å². The Labute approximate surface area is 490 Å². The lowest BCUT2D eigenvalue weighted by molar-refractivity contribution is -0.284. The molecule has 1 unspecified atom stereocenters. The van der Waals surface area contributed by atoms with Crippen LogP contribution in [0, 0.1) is 0 Å². The fraction of sp³-hybridized carbons (Fsp3) is 0.569. The summed E-state index contributed by atoms with van der Waals surface area (Å²) in [6.07, 6.45) is -9.40. The van der Waals surface area contributed by atoms with Crippen molar-refractivity contribution in [1.29, 1.82) is 0 Å². The van der Waals surface area contributed by atoms with Crippen molar-refractivity contribution in [3.05, 3.63) is 84.7 Å². The maximum atomic E-state index is 14.1. The van der Waals surface area contributed by atoms with Gasteiger partial charge in [0, 0.05) is 103 Å². The van der Waals surface area contributed by atoms with Gasteiger partial charge in [-0.25, -0.2) is 32.6 Å². The van der Waals surface area contributed by atoms with Gasteiger partial charge >= 0.3 is 24.2 Å². The molecular formula is C51H64Cl2F10N8O11S2. The van der Waals surface area contributed by atoms with E-state index in [1.54, 1.807) is 14.2 Å². The van der Waals surface area contributed by atoms with Crippen LogP contribution in [-0.2, 0) is 61.2 Å². The monoisotopic (exact) mass is 1290 g/mol. The molecule has 1 atom stereocenters. The molecule has 3 saturated heterocycles. The van der Waals surface area contributed by atoms with E-state index in [0.29, 0.717) is 76.6 Å². The Balaban J connectivity index is 0.000000356. The Morgan fingerprint density at radius 1 is 0.619 bits per heavy atom. The zero-order valence-electron chi connectivity index (χ0n) is 45.3. The first-order valence-corrected chi connectivity index (χ1v) is 28.7. The number of sulfone groups is 2. The Hall–Kier alpha value is -4.96. The minimum atomic E-state index is -5.65. The third-order valence-corrected chi connectivity index (χ3v) is 19.5. The Morgan fingerprint density at radius 2 is 1.01 bits per heavy atom. The van der Waals surface area contributed by atoms with E-state index in [1.807, 2.05) is 9.80 Å². The van der Waals surface area contributed by atoms with E-state index < -0.39 is 97.2 Å². The summed E-state index contributed by atoms with van der Waals surface area (Å²) < 4.78 is 194. The van der Waals surface area contributed by atoms with Gasteiger partial charge in [-0.1, -0.05) is 24.3 Å². The number of piperidine rings is 2. The molecular weight excluding hydrogens is 1230 g/mol. The predicted octanol–water partition coefficient (Wildman–Crippen LogP) is 7.98. The van der Waals surface area contributed by atoms with Gasteiger partial charge in [-0.2, -0.15) is 43.9 Å². The largest absolute Gasteiger partial charge is 0.453 e. The fourth-order valence-corrected chi connectivity index (χ4v) is 13.2. The summed E-state index contributed by atoms with van der Waals surface area (Å²) in [7, 11) is -5.38. The highest BCUT2D eigenvalue weighted by Crippen LogP contribution is 2.42. The molecule has 33 heteroatoms. The van der Waals surface area contributed by atoms with Crippen LogP contribution < -0.4 is 11.0 Å². The highest BCUT2D eigenvalue weighted by atomic mass is 35.5. The SMILES string of the molecule is COCCN1CCC(C(=O)NO)(S(=O)(=O)c2ccc(-c3cnc(CCC(F)(F)C(F)(F)F)cn3)cc2)CC1.COCCN1CCC(C(=O)NOC2CCCCO2)(S(=O)(=O)c2ccc(-c3cnc(CCC(F)(F)C(F)(F)F)cn3)cc2)CC1.Cl.Cl. The highest BCUT2D eigenvalue weighted by molar-refractivity contribution is 7.94. The Morgan fingerprint density at radius 3 is 1.33 bits per heavy atom. The number of aromatic nitrogens is 4. The summed E-state index contributed by atoms with van der Waals surface area (Å²) in [4.78, 5) is 51.3. The smallest absolute Gasteiger partial charge is 0.383 e. The molecule has 0 saturated carbocycles. The number of hydroxylamine groups is 2. The van der Waals surface area contributed by atoms with Gasteiger partial charge in [0.05, 0.1) is 58.2 Å². The third kappa shape index (κ3) is 17.0. The molecule has 5 heterocycles. The zero-order valence-corrected chi connectivity index (χ0v) is 48.5. The van der Waals surface area contributed by atoms with Crippen LogP contribution in [0.3, 0.4) is 0 Å². The average molecular weight is 1290 g/mol. The number of hydrogen-bond acceptors (Lipinski definition) is 17. The third-order valence-electron chi connectivity index (χ3n) is 14.5. The molecule has 19 nitrogen and oxygen atoms in total. The number of amides is 2. The lowest BCUT2D eigenvalue weighted by Crippen LogP contribution is -2.58. The first kappa shape index (κ1) is 71.5. The second-order valence-corrected chi connectivity index (χ2v) is 24.2. The molecule has 0 aliphatic carbocycles. The molecule has 470 valence electrons. The van der Waals surface area contributed by atoms with Gasteiger partial charge in [0.1, 0.15) is 0 Å². The fourth-order valence-electron chi connectivity index (χ4n) is 9.25. The summed E-state index contributed by atoms with van der Waals surface area (Å²) in [6.45, 7) is 3.79. The quantitative estimate of drug-likeness (QED) is 0.0384. The number of aryl methyl sites for hydroxylation is 2. The summed E-state index contributed by atoms with van der Waals surface area (Å²) in [5.41, 5.74) is 5.03. The Kier molecular flexibility index (Phi) is 25.6. The molecule has 4 aromatic rings. The maximum absolute atomic E-state index is 14.1. The molecule has 3 N–H and O–H groups in total. The van der Waals surface area contributed by atoms with E-state index in [0.717, 1.165) is 25.2 Å². The van der Waals surface area contributed by atoms with Gasteiger partial charge in [-0.05, 0) is 75.6 Å². The lowest BCUT2D eigenvalue weighted by Gasteiger charge is -2.40. The molecule has 3 aliphatic heterocycles. The summed E-state index contributed by atoms with van der Waals surface area (Å²) in [5, 5.41) is 9.30. The summed E-state index contributed by atoms with van der Waals surface area (Å²) in [5.74, 6) is -11.5. The number of ether oxygens (including phenoxy) is 3. The van der Waals surface area contributed by atoms with Crippen molar-refractivity contribution in [2.75, 3.05) is 73.3 Å². The molecule has 3 aliphatic rings. The highest BCUT2D eigenvalue weighted by Gasteiger charge is 2.58. The first-order valence-electron chi connectivity index (χ1n) is 25.7. The Bertz CT molecular complexity index is 2960. The molecule has 2 aromatic heterocycles. The van der Waals surface area contributed by atoms with E-state index >= 15 is 0 Å². The topological polar surface area (TPSA) is 242 Å². The maximum Gasteiger partial charge on any atom is 0.453 e. The average Bonchev–Trinajstić information content (AvgIpc) is 2.88. The van der Waals surface area contributed by atoms with Crippen LogP contribution in [0.5, 0.6) is 0 Å². The molecule has 0 radical (unpaired) electrons. The van der Waals surface area contributed by atoms with E-state index in [4.69, 9.17) is 19.0 Å². The number of alkyl halides is 10. The van der Waals surface area contributed by atoms with Crippen molar-refractivity contribution in [3.63, 3.8) is 0 Å². The standard InChI is InChI=1S/C28H35F5N4O6S.C23H27F5N4O5S.2ClH/c1-41-17-15-37-13-11-26(12-14-37,25(38)36-43-24-4-2-3-16-42-24)44(39,40)22-7-5-20(6-8-22)23-19-34-21(18-35-23)9-10-27(29,30)28(31,32)33;1-37-13-12-32-10-8-21(9-11-32,20(33)31-34)38(35,36)18-4-2-16(3-5-18)19-15-29-17(14-30-19)6-7-22(24,25)23(26,27)28;;/h5-8,18-19,24H,2-4,9-17H2,1H3,(H,36,38);2-5,14-15,34H,6-13H2,1H3,(H,31,33);2*1H. The predicted molar refractivity (Wildman–Crippen MR) is 286 cm³/mol. The number of methoxy groups -OCH3 is 2. The number of carbonyl (C=O) groups excluding carboxylic acids is 2. The van der Waals surface area contributed by atoms with Crippen LogP contribution in [0.25, 0.3) is 22.5 Å². The number of rotatable bonds is 22. The number of nitrogens with zero attached hydrogens (tertiary/aromatic N) is 6. The summed E-state index contributed by atoms with van der Waals surface area (Å²) in [6, 6.07) is 10.9. The van der Waals surface area contributed by atoms with Crippen molar-refractivity contribution in [2.45, 2.75) is 120 Å². The minimum absolute atomic E-state index is 0. The van der Waals surface area contributed by atoms with Crippen molar-refractivity contribution in [1.82, 2.24) is 40.7 Å². The van der Waals surface area contributed by atoms with Gasteiger partial charge < -0.3 is 24.0 Å². The number of halogens is 12. The van der Waals surface area contributed by atoms with Crippen molar-refractivity contribution in [2.24, 2.45) is 0 Å². The molecule has 2 amide bonds. The van der Waals surface area contributed by atoms with Gasteiger partial charge in [0.25, 0.3) is 11.8 Å². The molecule has 0 bridgehead atoms. The lowest BCUT2D eigenvalue weighted by atomic mass is 9.95. The van der Waals surface area contributed by atoms with Gasteiger partial charge in [0.2, 0.25) is 0 Å². The molecule has 3 fully saturated rings. The van der Waals surface area contributed by atoms with E-state index in [1.165, 1.54) is 66.4 Å². The summed E-state index contributed by atoms with van der Waals surface area (Å²) >= 11 is 0. The molecule has 2 aromatic carbocycles. The number of hydrogen-bond donors (Lipinski definition) is 3. The van der Waals surface area contributed by atoms with Gasteiger partial charge in [0.15, 0.2) is 35.5 Å².